The molecular weight excluding hydrogens is 202 g/mol. The lowest BCUT2D eigenvalue weighted by Gasteiger charge is -2.39. The second-order valence-electron chi connectivity index (χ2n) is 5.04. The van der Waals surface area contributed by atoms with Gasteiger partial charge in [-0.25, -0.2) is 0 Å². The zero-order valence-electron chi connectivity index (χ0n) is 10.3. The third-order valence-corrected chi connectivity index (χ3v) is 3.55. The van der Waals surface area contributed by atoms with Crippen LogP contribution in [0.25, 0.3) is 0 Å². The topological polar surface area (TPSA) is 41.3 Å². The molecule has 0 spiro atoms. The minimum Gasteiger partial charge on any atom is -0.383 e. The summed E-state index contributed by atoms with van der Waals surface area (Å²) in [6, 6.07) is 2.48. The Morgan fingerprint density at radius 3 is 2.44 bits per heavy atom. The van der Waals surface area contributed by atoms with Crippen LogP contribution < -0.4 is 0 Å². The van der Waals surface area contributed by atoms with Crippen LogP contribution in [-0.2, 0) is 12.6 Å². The molecule has 1 aromatic heterocycles. The van der Waals surface area contributed by atoms with Crippen LogP contribution in [0.3, 0.4) is 0 Å². The molecule has 1 aromatic rings. The number of likely N-dealkylation sites (tertiary alicyclic amines) is 1. The number of nitrogens with zero attached hydrogens (tertiary/aromatic N) is 3. The lowest BCUT2D eigenvalue weighted by atomic mass is 9.88. The Hall–Kier alpha value is -0.870. The van der Waals surface area contributed by atoms with E-state index in [9.17, 15) is 5.11 Å². The van der Waals surface area contributed by atoms with Gasteiger partial charge in [0.05, 0.1) is 5.69 Å². The molecule has 0 aliphatic carbocycles. The minimum atomic E-state index is -0.716. The quantitative estimate of drug-likeness (QED) is 0.816. The van der Waals surface area contributed by atoms with Crippen molar-refractivity contribution in [3.05, 3.63) is 18.0 Å². The van der Waals surface area contributed by atoms with Crippen molar-refractivity contribution in [1.29, 1.82) is 0 Å². The van der Waals surface area contributed by atoms with Crippen LogP contribution in [0.2, 0.25) is 0 Å². The molecule has 1 aliphatic heterocycles. The second-order valence-corrected chi connectivity index (χ2v) is 5.04. The predicted octanol–water partition coefficient (Wildman–Crippen LogP) is 1.11. The molecule has 0 radical (unpaired) electrons. The Balaban J connectivity index is 2.06. The average Bonchev–Trinajstić information content (AvgIpc) is 2.66. The number of rotatable bonds is 2. The van der Waals surface area contributed by atoms with Gasteiger partial charge in [0.15, 0.2) is 0 Å². The summed E-state index contributed by atoms with van der Waals surface area (Å²) in [5.74, 6) is 0. The van der Waals surface area contributed by atoms with Gasteiger partial charge in [0.1, 0.15) is 5.60 Å². The molecule has 0 unspecified atom stereocenters. The summed E-state index contributed by atoms with van der Waals surface area (Å²) in [4.78, 5) is 2.40. The zero-order chi connectivity index (χ0) is 11.8. The summed E-state index contributed by atoms with van der Waals surface area (Å²) >= 11 is 0. The van der Waals surface area contributed by atoms with E-state index in [1.54, 1.807) is 4.68 Å². The summed E-state index contributed by atoms with van der Waals surface area (Å²) in [5, 5.41) is 14.9. The first-order valence-corrected chi connectivity index (χ1v) is 5.98. The van der Waals surface area contributed by atoms with Gasteiger partial charge in [0.2, 0.25) is 0 Å². The zero-order valence-corrected chi connectivity index (χ0v) is 10.3. The van der Waals surface area contributed by atoms with Crippen LogP contribution in [0.1, 0.15) is 32.4 Å². The molecule has 16 heavy (non-hydrogen) atoms. The van der Waals surface area contributed by atoms with Gasteiger partial charge >= 0.3 is 0 Å². The van der Waals surface area contributed by atoms with E-state index in [1.165, 1.54) is 0 Å². The van der Waals surface area contributed by atoms with Crippen molar-refractivity contribution in [3.63, 3.8) is 0 Å². The van der Waals surface area contributed by atoms with Crippen LogP contribution in [0.4, 0.5) is 0 Å². The van der Waals surface area contributed by atoms with Gasteiger partial charge in [-0.1, -0.05) is 0 Å². The highest BCUT2D eigenvalue weighted by atomic mass is 16.3. The number of aromatic nitrogens is 2. The SMILES string of the molecule is CC(C)N1CCC(O)(c2ccn(C)n2)CC1. The first kappa shape index (κ1) is 11.6. The molecule has 0 amide bonds. The highest BCUT2D eigenvalue weighted by Gasteiger charge is 2.36. The summed E-state index contributed by atoms with van der Waals surface area (Å²) < 4.78 is 1.75. The number of aryl methyl sites for hydroxylation is 1. The summed E-state index contributed by atoms with van der Waals surface area (Å²) in [5.41, 5.74) is 0.102. The van der Waals surface area contributed by atoms with E-state index in [4.69, 9.17) is 0 Å². The molecule has 1 fully saturated rings. The van der Waals surface area contributed by atoms with Crippen LogP contribution in [0.15, 0.2) is 12.3 Å². The first-order chi connectivity index (χ1) is 7.51. The van der Waals surface area contributed by atoms with Crippen LogP contribution in [-0.4, -0.2) is 38.9 Å². The average molecular weight is 223 g/mol. The fraction of sp³-hybridized carbons (Fsp3) is 0.750. The van der Waals surface area contributed by atoms with Crippen molar-refractivity contribution in [2.75, 3.05) is 13.1 Å². The predicted molar refractivity (Wildman–Crippen MR) is 63.0 cm³/mol. The van der Waals surface area contributed by atoms with Crippen molar-refractivity contribution >= 4 is 0 Å². The Morgan fingerprint density at radius 1 is 1.38 bits per heavy atom. The normalized spacial score (nSPS) is 21.6. The smallest absolute Gasteiger partial charge is 0.111 e. The van der Waals surface area contributed by atoms with Gasteiger partial charge in [-0.2, -0.15) is 5.10 Å². The molecule has 2 rings (SSSR count). The van der Waals surface area contributed by atoms with E-state index < -0.39 is 5.60 Å². The highest BCUT2D eigenvalue weighted by Crippen LogP contribution is 2.32. The lowest BCUT2D eigenvalue weighted by Crippen LogP contribution is -2.45. The monoisotopic (exact) mass is 223 g/mol. The molecule has 0 bridgehead atoms. The van der Waals surface area contributed by atoms with E-state index in [1.807, 2.05) is 19.3 Å². The van der Waals surface area contributed by atoms with Gasteiger partial charge < -0.3 is 10.0 Å². The molecule has 90 valence electrons. The molecular formula is C12H21N3O. The van der Waals surface area contributed by atoms with Crippen molar-refractivity contribution < 1.29 is 5.11 Å². The van der Waals surface area contributed by atoms with Crippen LogP contribution in [0, 0.1) is 0 Å². The van der Waals surface area contributed by atoms with Crippen molar-refractivity contribution in [2.24, 2.45) is 7.05 Å². The maximum Gasteiger partial charge on any atom is 0.111 e. The maximum atomic E-state index is 10.6. The van der Waals surface area contributed by atoms with Crippen molar-refractivity contribution in [3.8, 4) is 0 Å². The number of hydrogen-bond acceptors (Lipinski definition) is 3. The number of hydrogen-bond donors (Lipinski definition) is 1. The number of piperidine rings is 1. The largest absolute Gasteiger partial charge is 0.383 e. The molecule has 0 aromatic carbocycles. The third-order valence-electron chi connectivity index (χ3n) is 3.55. The second kappa shape index (κ2) is 4.18. The van der Waals surface area contributed by atoms with Crippen LogP contribution in [0.5, 0.6) is 0 Å². The molecule has 0 saturated carbocycles. The molecule has 1 N–H and O–H groups in total. The van der Waals surface area contributed by atoms with E-state index in [0.29, 0.717) is 6.04 Å². The van der Waals surface area contributed by atoms with Gasteiger partial charge in [-0.15, -0.1) is 0 Å². The minimum absolute atomic E-state index is 0.563. The fourth-order valence-corrected chi connectivity index (χ4v) is 2.33. The van der Waals surface area contributed by atoms with E-state index in [-0.39, 0.29) is 0 Å². The molecule has 1 aliphatic rings. The van der Waals surface area contributed by atoms with Crippen molar-refractivity contribution in [1.82, 2.24) is 14.7 Å². The summed E-state index contributed by atoms with van der Waals surface area (Å²) in [7, 11) is 1.89. The van der Waals surface area contributed by atoms with E-state index in [2.05, 4.69) is 23.8 Å². The molecule has 4 nitrogen and oxygen atoms in total. The van der Waals surface area contributed by atoms with Gasteiger partial charge in [-0.05, 0) is 32.8 Å². The molecule has 1 saturated heterocycles. The third kappa shape index (κ3) is 2.13. The Labute approximate surface area is 96.9 Å². The Bertz CT molecular complexity index is 351. The first-order valence-electron chi connectivity index (χ1n) is 5.98. The number of aliphatic hydroxyl groups is 1. The summed E-state index contributed by atoms with van der Waals surface area (Å²) in [6.45, 7) is 6.30. The Morgan fingerprint density at radius 2 is 2.00 bits per heavy atom. The van der Waals surface area contributed by atoms with Gasteiger partial charge in [-0.3, -0.25) is 4.68 Å². The standard InChI is InChI=1S/C12H21N3O/c1-10(2)15-8-5-12(16,6-9-15)11-4-7-14(3)13-11/h4,7,10,16H,5-6,8-9H2,1-3H3. The molecule has 4 heteroatoms. The van der Waals surface area contributed by atoms with Crippen molar-refractivity contribution in [2.45, 2.75) is 38.3 Å². The van der Waals surface area contributed by atoms with Crippen LogP contribution >= 0.6 is 0 Å². The van der Waals surface area contributed by atoms with Gasteiger partial charge in [0, 0.05) is 32.4 Å². The maximum absolute atomic E-state index is 10.6. The fourth-order valence-electron chi connectivity index (χ4n) is 2.33. The highest BCUT2D eigenvalue weighted by molar-refractivity contribution is 5.12. The summed E-state index contributed by atoms with van der Waals surface area (Å²) in [6.07, 6.45) is 3.45. The van der Waals surface area contributed by atoms with E-state index >= 15 is 0 Å². The molecule has 2 heterocycles. The van der Waals surface area contributed by atoms with Gasteiger partial charge in [0.25, 0.3) is 0 Å². The Kier molecular flexibility index (Phi) is 3.04. The molecule has 0 atom stereocenters. The lowest BCUT2D eigenvalue weighted by molar-refractivity contribution is -0.0359. The van der Waals surface area contributed by atoms with E-state index in [0.717, 1.165) is 31.6 Å².